The number of amides is 1. The van der Waals surface area contributed by atoms with Crippen molar-refractivity contribution >= 4 is 22.6 Å². The van der Waals surface area contributed by atoms with Crippen molar-refractivity contribution in [3.63, 3.8) is 0 Å². The Morgan fingerprint density at radius 1 is 1.06 bits per heavy atom. The van der Waals surface area contributed by atoms with Crippen molar-refractivity contribution in [3.05, 3.63) is 69.0 Å². The first-order valence-corrected chi connectivity index (χ1v) is 10.3. The van der Waals surface area contributed by atoms with Crippen LogP contribution in [0, 0.1) is 0 Å². The molecular weight excluding hydrogens is 425 g/mol. The van der Waals surface area contributed by atoms with Crippen molar-refractivity contribution in [1.82, 2.24) is 14.1 Å². The molecule has 0 saturated heterocycles. The molecule has 0 atom stereocenters. The van der Waals surface area contributed by atoms with Crippen LogP contribution in [0.5, 0.6) is 0 Å². The number of pyridine rings is 1. The van der Waals surface area contributed by atoms with Gasteiger partial charge in [0.25, 0.3) is 5.56 Å². The van der Waals surface area contributed by atoms with E-state index in [2.05, 4.69) is 10.3 Å². The van der Waals surface area contributed by atoms with Gasteiger partial charge in [0.15, 0.2) is 0 Å². The summed E-state index contributed by atoms with van der Waals surface area (Å²) in [6.07, 6.45) is 0.878. The van der Waals surface area contributed by atoms with Gasteiger partial charge in [-0.3, -0.25) is 18.7 Å². The Morgan fingerprint density at radius 3 is 2.50 bits per heavy atom. The second-order valence-corrected chi connectivity index (χ2v) is 7.80. The van der Waals surface area contributed by atoms with Crippen molar-refractivity contribution in [2.75, 3.05) is 5.32 Å². The molecule has 7 nitrogen and oxygen atoms in total. The molecule has 4 rings (SSSR count). The Hall–Kier alpha value is -3.43. The summed E-state index contributed by atoms with van der Waals surface area (Å²) in [6.45, 7) is -0.578. The van der Waals surface area contributed by atoms with E-state index in [4.69, 9.17) is 0 Å². The zero-order valence-corrected chi connectivity index (χ0v) is 17.1. The average molecular weight is 446 g/mol. The topological polar surface area (TPSA) is 86.0 Å². The number of rotatable bonds is 4. The maximum Gasteiger partial charge on any atom is 0.418 e. The fraction of sp³-hybridized carbons (Fsp3) is 0.364. The van der Waals surface area contributed by atoms with E-state index in [0.29, 0.717) is 12.8 Å². The van der Waals surface area contributed by atoms with Crippen LogP contribution in [-0.4, -0.2) is 20.0 Å². The molecule has 32 heavy (non-hydrogen) atoms. The summed E-state index contributed by atoms with van der Waals surface area (Å²) < 4.78 is 42.0. The van der Waals surface area contributed by atoms with Crippen molar-refractivity contribution in [3.8, 4) is 0 Å². The van der Waals surface area contributed by atoms with Crippen LogP contribution >= 0.6 is 0 Å². The van der Waals surface area contributed by atoms with E-state index in [1.807, 2.05) is 0 Å². The summed E-state index contributed by atoms with van der Waals surface area (Å²) in [7, 11) is 0. The zero-order valence-electron chi connectivity index (χ0n) is 17.1. The number of halogens is 3. The van der Waals surface area contributed by atoms with E-state index < -0.39 is 41.1 Å². The van der Waals surface area contributed by atoms with Crippen molar-refractivity contribution in [2.45, 2.75) is 50.9 Å². The lowest BCUT2D eigenvalue weighted by Crippen LogP contribution is -2.44. The average Bonchev–Trinajstić information content (AvgIpc) is 2.77. The Kier molecular flexibility index (Phi) is 5.86. The highest BCUT2D eigenvalue weighted by atomic mass is 19.4. The normalized spacial score (nSPS) is 15.1. The minimum atomic E-state index is -4.65. The van der Waals surface area contributed by atoms with E-state index in [0.717, 1.165) is 36.0 Å². The summed E-state index contributed by atoms with van der Waals surface area (Å²) >= 11 is 0. The molecule has 1 amide bonds. The predicted octanol–water partition coefficient (Wildman–Crippen LogP) is 3.72. The smallest absolute Gasteiger partial charge is 0.324 e. The monoisotopic (exact) mass is 446 g/mol. The first kappa shape index (κ1) is 21.8. The number of fused-ring (bicyclic) bond motifs is 1. The molecule has 1 N–H and O–H groups in total. The lowest BCUT2D eigenvalue weighted by Gasteiger charge is -2.24. The van der Waals surface area contributed by atoms with Gasteiger partial charge >= 0.3 is 11.9 Å². The zero-order chi connectivity index (χ0) is 22.9. The summed E-state index contributed by atoms with van der Waals surface area (Å²) in [5.74, 6) is -0.829. The number of carbonyl (C=O) groups excluding carboxylic acids is 1. The number of hydrogen-bond donors (Lipinski definition) is 1. The molecular formula is C22H21F3N4O3. The van der Waals surface area contributed by atoms with Gasteiger partial charge in [0.2, 0.25) is 5.91 Å². The van der Waals surface area contributed by atoms with E-state index in [9.17, 15) is 27.6 Å². The number of benzene rings is 1. The standard InChI is InChI=1S/C22H21F3N4O3/c23-22(24,25)16-10-4-5-11-17(16)27-18(30)13-28-19-15(9-6-12-26-19)20(31)29(21(28)32)14-7-2-1-3-8-14/h4-6,9-12,14H,1-3,7-8,13H2,(H,27,30). The molecule has 1 aromatic carbocycles. The summed E-state index contributed by atoms with van der Waals surface area (Å²) in [5, 5.41) is 2.42. The molecule has 168 valence electrons. The molecule has 3 aromatic rings. The fourth-order valence-electron chi connectivity index (χ4n) is 4.19. The quantitative estimate of drug-likeness (QED) is 0.662. The molecule has 1 saturated carbocycles. The van der Waals surface area contributed by atoms with Crippen molar-refractivity contribution in [1.29, 1.82) is 0 Å². The van der Waals surface area contributed by atoms with Crippen LogP contribution in [-0.2, 0) is 17.5 Å². The number of carbonyl (C=O) groups is 1. The third kappa shape index (κ3) is 4.17. The predicted molar refractivity (Wildman–Crippen MR) is 112 cm³/mol. The van der Waals surface area contributed by atoms with Gasteiger partial charge in [-0.2, -0.15) is 13.2 Å². The number of para-hydroxylation sites is 1. The van der Waals surface area contributed by atoms with Gasteiger partial charge in [-0.15, -0.1) is 0 Å². The highest BCUT2D eigenvalue weighted by molar-refractivity contribution is 5.92. The highest BCUT2D eigenvalue weighted by Gasteiger charge is 2.33. The van der Waals surface area contributed by atoms with E-state index in [1.54, 1.807) is 6.07 Å². The first-order chi connectivity index (χ1) is 15.3. The second kappa shape index (κ2) is 8.60. The fourth-order valence-corrected chi connectivity index (χ4v) is 4.19. The summed E-state index contributed by atoms with van der Waals surface area (Å²) in [6, 6.07) is 7.40. The maximum absolute atomic E-state index is 13.2. The van der Waals surface area contributed by atoms with Gasteiger partial charge in [-0.1, -0.05) is 31.4 Å². The number of hydrogen-bond acceptors (Lipinski definition) is 4. The van der Waals surface area contributed by atoms with E-state index in [-0.39, 0.29) is 17.1 Å². The molecule has 0 aliphatic heterocycles. The lowest BCUT2D eigenvalue weighted by molar-refractivity contribution is -0.137. The van der Waals surface area contributed by atoms with Crippen LogP contribution in [0.1, 0.15) is 43.7 Å². The number of alkyl halides is 3. The van der Waals surface area contributed by atoms with Crippen LogP contribution < -0.4 is 16.6 Å². The maximum atomic E-state index is 13.2. The highest BCUT2D eigenvalue weighted by Crippen LogP contribution is 2.34. The van der Waals surface area contributed by atoms with Crippen LogP contribution in [0.25, 0.3) is 11.0 Å². The first-order valence-electron chi connectivity index (χ1n) is 10.3. The third-order valence-electron chi connectivity index (χ3n) is 5.68. The second-order valence-electron chi connectivity index (χ2n) is 7.80. The minimum Gasteiger partial charge on any atom is -0.324 e. The van der Waals surface area contributed by atoms with Crippen LogP contribution in [0.2, 0.25) is 0 Å². The molecule has 1 aliphatic carbocycles. The SMILES string of the molecule is O=C(Cn1c(=O)n(C2CCCCC2)c(=O)c2cccnc21)Nc1ccccc1C(F)(F)F. The summed E-state index contributed by atoms with van der Waals surface area (Å²) in [4.78, 5) is 43.0. The van der Waals surface area contributed by atoms with Crippen LogP contribution in [0.3, 0.4) is 0 Å². The Bertz CT molecular complexity index is 1270. The third-order valence-corrected chi connectivity index (χ3v) is 5.68. The molecule has 2 heterocycles. The molecule has 0 unspecified atom stereocenters. The largest absolute Gasteiger partial charge is 0.418 e. The molecule has 0 bridgehead atoms. The molecule has 2 aromatic heterocycles. The van der Waals surface area contributed by atoms with Gasteiger partial charge in [0.05, 0.1) is 16.6 Å². The minimum absolute atomic E-state index is 0.0221. The number of nitrogens with zero attached hydrogens (tertiary/aromatic N) is 3. The molecule has 0 radical (unpaired) electrons. The Balaban J connectivity index is 1.74. The Morgan fingerprint density at radius 2 is 1.78 bits per heavy atom. The summed E-state index contributed by atoms with van der Waals surface area (Å²) in [5.41, 5.74) is -2.53. The van der Waals surface area contributed by atoms with Crippen molar-refractivity contribution in [2.24, 2.45) is 0 Å². The van der Waals surface area contributed by atoms with Crippen LogP contribution in [0.4, 0.5) is 18.9 Å². The number of nitrogens with one attached hydrogen (secondary N) is 1. The molecule has 1 aliphatic rings. The Labute approximate surface area is 180 Å². The van der Waals surface area contributed by atoms with Gasteiger partial charge in [0, 0.05) is 12.2 Å². The molecule has 10 heteroatoms. The lowest BCUT2D eigenvalue weighted by atomic mass is 9.95. The molecule has 0 spiro atoms. The number of anilines is 1. The van der Waals surface area contributed by atoms with Crippen molar-refractivity contribution < 1.29 is 18.0 Å². The van der Waals surface area contributed by atoms with Gasteiger partial charge in [-0.05, 0) is 37.1 Å². The van der Waals surface area contributed by atoms with Gasteiger partial charge in [0.1, 0.15) is 12.2 Å². The molecule has 1 fully saturated rings. The van der Waals surface area contributed by atoms with E-state index >= 15 is 0 Å². The van der Waals surface area contributed by atoms with E-state index in [1.165, 1.54) is 29.0 Å². The van der Waals surface area contributed by atoms with Gasteiger partial charge in [-0.25, -0.2) is 9.78 Å². The van der Waals surface area contributed by atoms with Crippen LogP contribution in [0.15, 0.2) is 52.2 Å². The number of aromatic nitrogens is 3. The van der Waals surface area contributed by atoms with Gasteiger partial charge < -0.3 is 5.32 Å².